The van der Waals surface area contributed by atoms with Crippen molar-refractivity contribution in [1.29, 1.82) is 0 Å². The van der Waals surface area contributed by atoms with E-state index in [2.05, 4.69) is 15.9 Å². The largest absolute Gasteiger partial charge is 0.419 e. The maximum atomic E-state index is 13.0. The zero-order valence-electron chi connectivity index (χ0n) is 20.6. The van der Waals surface area contributed by atoms with Crippen molar-refractivity contribution in [3.05, 3.63) is 76.6 Å². The molecule has 1 amide bonds. The van der Waals surface area contributed by atoms with Gasteiger partial charge in [-0.2, -0.15) is 23.8 Å². The van der Waals surface area contributed by atoms with E-state index in [1.54, 1.807) is 32.9 Å². The molecule has 0 radical (unpaired) electrons. The van der Waals surface area contributed by atoms with Gasteiger partial charge >= 0.3 is 12.1 Å². The number of hydrogen-bond acceptors (Lipinski definition) is 5. The van der Waals surface area contributed by atoms with Gasteiger partial charge < -0.3 is 10.2 Å². The number of aromatic nitrogens is 2. The second-order valence-corrected chi connectivity index (χ2v) is 8.46. The Morgan fingerprint density at radius 3 is 2.36 bits per heavy atom. The summed E-state index contributed by atoms with van der Waals surface area (Å²) in [7, 11) is 0. The zero-order chi connectivity index (χ0) is 26.5. The van der Waals surface area contributed by atoms with Crippen LogP contribution in [0.5, 0.6) is 0 Å². The van der Waals surface area contributed by atoms with Crippen LogP contribution in [0, 0.1) is 13.8 Å². The lowest BCUT2D eigenvalue weighted by atomic mass is 9.96. The monoisotopic (exact) mass is 502 g/mol. The van der Waals surface area contributed by atoms with Crippen molar-refractivity contribution in [2.45, 2.75) is 59.2 Å². The minimum atomic E-state index is -4.47. The number of aryl methyl sites for hydroxylation is 2. The molecule has 0 saturated heterocycles. The van der Waals surface area contributed by atoms with Gasteiger partial charge in [0.05, 0.1) is 23.5 Å². The average molecular weight is 503 g/mol. The van der Waals surface area contributed by atoms with Crippen LogP contribution in [0.15, 0.2) is 48.8 Å². The first kappa shape index (κ1) is 26.8. The third-order valence-electron chi connectivity index (χ3n) is 5.68. The number of anilines is 1. The van der Waals surface area contributed by atoms with Crippen LogP contribution in [0.3, 0.4) is 0 Å². The van der Waals surface area contributed by atoms with Gasteiger partial charge in [0.2, 0.25) is 0 Å². The van der Waals surface area contributed by atoms with E-state index in [9.17, 15) is 22.8 Å². The molecule has 2 N–H and O–H groups in total. The normalized spacial score (nSPS) is 12.2. The highest BCUT2D eigenvalue weighted by Crippen LogP contribution is 2.32. The van der Waals surface area contributed by atoms with Gasteiger partial charge in [-0.05, 0) is 55.2 Å². The van der Waals surface area contributed by atoms with Crippen LogP contribution in [0.2, 0.25) is 0 Å². The molecule has 0 saturated carbocycles. The van der Waals surface area contributed by atoms with Crippen molar-refractivity contribution in [2.24, 2.45) is 0 Å². The lowest BCUT2D eigenvalue weighted by Crippen LogP contribution is -2.28. The molecule has 7 nitrogen and oxygen atoms in total. The fourth-order valence-electron chi connectivity index (χ4n) is 4.03. The number of carbonyl (C=O) groups is 2. The number of hydroxylamine groups is 1. The van der Waals surface area contributed by atoms with Crippen molar-refractivity contribution < 1.29 is 27.6 Å². The van der Waals surface area contributed by atoms with Crippen LogP contribution in [-0.4, -0.2) is 21.7 Å². The molecule has 0 aliphatic carbocycles. The molecule has 10 heteroatoms. The van der Waals surface area contributed by atoms with Crippen LogP contribution in [0.25, 0.3) is 5.69 Å². The number of hydrogen-bond donors (Lipinski definition) is 2. The topological polar surface area (TPSA) is 85.2 Å². The van der Waals surface area contributed by atoms with E-state index < -0.39 is 23.6 Å². The van der Waals surface area contributed by atoms with Gasteiger partial charge in [0.25, 0.3) is 5.91 Å². The lowest BCUT2D eigenvalue weighted by molar-refractivity contribution is -0.148. The second-order valence-electron chi connectivity index (χ2n) is 8.46. The Kier molecular flexibility index (Phi) is 8.39. The summed E-state index contributed by atoms with van der Waals surface area (Å²) in [5.41, 5.74) is 5.28. The number of rotatable bonds is 8. The molecule has 192 valence electrons. The molecule has 0 fully saturated rings. The van der Waals surface area contributed by atoms with E-state index >= 15 is 0 Å². The van der Waals surface area contributed by atoms with Crippen molar-refractivity contribution in [1.82, 2.24) is 15.3 Å². The van der Waals surface area contributed by atoms with Gasteiger partial charge in [0.1, 0.15) is 0 Å². The van der Waals surface area contributed by atoms with E-state index in [-0.39, 0.29) is 12.5 Å². The van der Waals surface area contributed by atoms with Crippen molar-refractivity contribution >= 4 is 17.6 Å². The third kappa shape index (κ3) is 6.24. The van der Waals surface area contributed by atoms with E-state index in [4.69, 9.17) is 4.84 Å². The summed E-state index contributed by atoms with van der Waals surface area (Å²) in [5, 5.41) is 7.37. The first-order chi connectivity index (χ1) is 17.0. The van der Waals surface area contributed by atoms with Gasteiger partial charge in [0, 0.05) is 23.9 Å². The number of alkyl halides is 3. The average Bonchev–Trinajstić information content (AvgIpc) is 3.32. The Morgan fingerprint density at radius 2 is 1.78 bits per heavy atom. The summed E-state index contributed by atoms with van der Waals surface area (Å²) in [4.78, 5) is 29.0. The molecule has 36 heavy (non-hydrogen) atoms. The van der Waals surface area contributed by atoms with Gasteiger partial charge in [-0.3, -0.25) is 4.79 Å². The summed E-state index contributed by atoms with van der Waals surface area (Å²) in [6, 6.07) is 10.5. The van der Waals surface area contributed by atoms with Gasteiger partial charge in [0.15, 0.2) is 0 Å². The van der Waals surface area contributed by atoms with E-state index in [0.717, 1.165) is 41.2 Å². The molecule has 3 aromatic rings. The summed E-state index contributed by atoms with van der Waals surface area (Å²) in [6.45, 7) is 7.26. The van der Waals surface area contributed by atoms with Gasteiger partial charge in [-0.25, -0.2) is 9.48 Å². The van der Waals surface area contributed by atoms with Crippen molar-refractivity contribution in [3.63, 3.8) is 0 Å². The highest BCUT2D eigenvalue weighted by Gasteiger charge is 2.32. The van der Waals surface area contributed by atoms with Crippen LogP contribution < -0.4 is 10.8 Å². The van der Waals surface area contributed by atoms with E-state index in [1.807, 2.05) is 31.2 Å². The molecular weight excluding hydrogens is 473 g/mol. The molecule has 0 spiro atoms. The summed E-state index contributed by atoms with van der Waals surface area (Å²) < 4.78 is 40.3. The molecule has 1 heterocycles. The van der Waals surface area contributed by atoms with Crippen LogP contribution >= 0.6 is 0 Å². The SMILES string of the molecule is CCCC(Nc1cc(C)c(-n2cc(C(F)(F)F)cn2)c(C)c1)c1ccccc1C(=O)NOC(=O)CC. The first-order valence-corrected chi connectivity index (χ1v) is 11.6. The smallest absolute Gasteiger partial charge is 0.378 e. The number of carbonyl (C=O) groups excluding carboxylic acids is 2. The van der Waals surface area contributed by atoms with Crippen LogP contribution in [-0.2, 0) is 15.8 Å². The Labute approximate surface area is 207 Å². The Morgan fingerprint density at radius 1 is 1.11 bits per heavy atom. The van der Waals surface area contributed by atoms with Gasteiger partial charge in [-0.15, -0.1) is 0 Å². The summed E-state index contributed by atoms with van der Waals surface area (Å²) >= 11 is 0. The number of halogens is 3. The molecule has 1 aromatic heterocycles. The lowest BCUT2D eigenvalue weighted by Gasteiger charge is -2.23. The van der Waals surface area contributed by atoms with Crippen LogP contribution in [0.4, 0.5) is 18.9 Å². The Bertz CT molecular complexity index is 1210. The fraction of sp³-hybridized carbons (Fsp3) is 0.346. The van der Waals surface area contributed by atoms with Crippen molar-refractivity contribution in [2.75, 3.05) is 5.32 Å². The Balaban J connectivity index is 1.90. The zero-order valence-corrected chi connectivity index (χ0v) is 20.6. The number of amides is 1. The first-order valence-electron chi connectivity index (χ1n) is 11.6. The second kappa shape index (κ2) is 11.3. The Hall–Kier alpha value is -3.82. The fourth-order valence-corrected chi connectivity index (χ4v) is 4.03. The molecule has 1 unspecified atom stereocenters. The molecule has 0 aliphatic rings. The number of nitrogens with one attached hydrogen (secondary N) is 2. The minimum Gasteiger partial charge on any atom is -0.378 e. The minimum absolute atomic E-state index is 0.132. The standard InChI is InChI=1S/C26H29F3N4O3/c1-5-9-22(20-10-7-8-11-21(20)25(35)32-36-23(34)6-2)31-19-12-16(3)24(17(4)13-19)33-15-18(14-30-33)26(27,28)29/h7-8,10-15,22,31H,5-6,9H2,1-4H3,(H,32,35). The predicted molar refractivity (Wildman–Crippen MR) is 130 cm³/mol. The maximum Gasteiger partial charge on any atom is 0.419 e. The quantitative estimate of drug-likeness (QED) is 0.366. The third-order valence-corrected chi connectivity index (χ3v) is 5.68. The van der Waals surface area contributed by atoms with Crippen LogP contribution in [0.1, 0.15) is 71.8 Å². The predicted octanol–water partition coefficient (Wildman–Crippen LogP) is 6.06. The molecule has 0 bridgehead atoms. The highest BCUT2D eigenvalue weighted by molar-refractivity contribution is 5.96. The van der Waals surface area contributed by atoms with Gasteiger partial charge in [-0.1, -0.05) is 38.5 Å². The number of benzene rings is 2. The maximum absolute atomic E-state index is 13.0. The van der Waals surface area contributed by atoms with E-state index in [0.29, 0.717) is 17.7 Å². The molecular formula is C26H29F3N4O3. The number of nitrogens with zero attached hydrogens (tertiary/aromatic N) is 2. The van der Waals surface area contributed by atoms with Crippen molar-refractivity contribution in [3.8, 4) is 5.69 Å². The molecule has 2 aromatic carbocycles. The molecule has 1 atom stereocenters. The van der Waals surface area contributed by atoms with E-state index in [1.165, 1.54) is 4.68 Å². The summed E-state index contributed by atoms with van der Waals surface area (Å²) in [5.74, 6) is -1.08. The highest BCUT2D eigenvalue weighted by atomic mass is 19.4. The summed E-state index contributed by atoms with van der Waals surface area (Å²) in [6.07, 6.45) is -1.03. The molecule has 0 aliphatic heterocycles. The molecule has 3 rings (SSSR count).